The van der Waals surface area contributed by atoms with E-state index in [2.05, 4.69) is 10.6 Å². The number of carbonyl (C=O) groups is 3. The topological polar surface area (TPSA) is 93.7 Å². The third-order valence-corrected chi connectivity index (χ3v) is 3.27. The summed E-state index contributed by atoms with van der Waals surface area (Å²) in [5.41, 5.74) is 2.68. The number of amides is 1. The van der Waals surface area contributed by atoms with E-state index < -0.39 is 17.7 Å². The smallest absolute Gasteiger partial charge is 0.350 e. The molecule has 0 bridgehead atoms. The van der Waals surface area contributed by atoms with Crippen LogP contribution in [-0.4, -0.2) is 23.6 Å². The second-order valence-corrected chi connectivity index (χ2v) is 6.07. The molecule has 0 aromatic heterocycles. The van der Waals surface area contributed by atoms with E-state index in [1.807, 2.05) is 19.9 Å². The first kappa shape index (κ1) is 17.5. The van der Waals surface area contributed by atoms with Crippen molar-refractivity contribution in [3.63, 3.8) is 0 Å². The van der Waals surface area contributed by atoms with E-state index in [0.29, 0.717) is 11.4 Å². The van der Waals surface area contributed by atoms with Gasteiger partial charge in [0.2, 0.25) is 5.91 Å². The van der Waals surface area contributed by atoms with Crippen LogP contribution < -0.4 is 10.6 Å². The van der Waals surface area contributed by atoms with Gasteiger partial charge < -0.3 is 20.1 Å². The Morgan fingerprint density at radius 1 is 1.12 bits per heavy atom. The highest BCUT2D eigenvalue weighted by Gasteiger charge is 2.38. The van der Waals surface area contributed by atoms with Gasteiger partial charge in [0.25, 0.3) is 5.79 Å². The van der Waals surface area contributed by atoms with Crippen molar-refractivity contribution in [3.05, 3.63) is 35.0 Å². The molecule has 7 heteroatoms. The van der Waals surface area contributed by atoms with Crippen molar-refractivity contribution >= 4 is 29.2 Å². The highest BCUT2D eigenvalue weighted by Crippen LogP contribution is 2.29. The Hall–Kier alpha value is -2.83. The van der Waals surface area contributed by atoms with Gasteiger partial charge >= 0.3 is 11.9 Å². The molecule has 0 unspecified atom stereocenters. The third-order valence-electron chi connectivity index (χ3n) is 3.27. The van der Waals surface area contributed by atoms with Gasteiger partial charge in [0.05, 0.1) is 11.4 Å². The van der Waals surface area contributed by atoms with Gasteiger partial charge in [-0.1, -0.05) is 6.07 Å². The monoisotopic (exact) mass is 332 g/mol. The lowest BCUT2D eigenvalue weighted by Crippen LogP contribution is -2.42. The summed E-state index contributed by atoms with van der Waals surface area (Å²) in [5.74, 6) is -3.05. The van der Waals surface area contributed by atoms with Gasteiger partial charge in [0.15, 0.2) is 5.57 Å². The Labute approximate surface area is 140 Å². The second-order valence-electron chi connectivity index (χ2n) is 6.07. The van der Waals surface area contributed by atoms with E-state index >= 15 is 0 Å². The number of rotatable bonds is 3. The van der Waals surface area contributed by atoms with Crippen molar-refractivity contribution in [2.45, 2.75) is 40.4 Å². The highest BCUT2D eigenvalue weighted by atomic mass is 16.7. The number of carbonyl (C=O) groups excluding carboxylic acids is 3. The summed E-state index contributed by atoms with van der Waals surface area (Å²) in [4.78, 5) is 35.3. The number of hydrogen-bond donors (Lipinski definition) is 2. The normalized spacial score (nSPS) is 16.1. The Balaban J connectivity index is 2.33. The first-order valence-corrected chi connectivity index (χ1v) is 7.41. The number of esters is 2. The quantitative estimate of drug-likeness (QED) is 0.501. The van der Waals surface area contributed by atoms with Gasteiger partial charge in [-0.05, 0) is 31.0 Å². The van der Waals surface area contributed by atoms with Crippen molar-refractivity contribution in [1.29, 1.82) is 0 Å². The van der Waals surface area contributed by atoms with E-state index in [1.165, 1.54) is 27.0 Å². The predicted molar refractivity (Wildman–Crippen MR) is 88.2 cm³/mol. The fourth-order valence-corrected chi connectivity index (χ4v) is 2.35. The fourth-order valence-electron chi connectivity index (χ4n) is 2.35. The number of ether oxygens (including phenoxy) is 2. The Bertz CT molecular complexity index is 728. The van der Waals surface area contributed by atoms with Crippen LogP contribution in [0.2, 0.25) is 0 Å². The SMILES string of the molecule is CC(=O)Nc1c(C)cc(C)cc1NC=C1C(=O)OC(C)(C)OC1=O. The maximum Gasteiger partial charge on any atom is 0.350 e. The molecule has 1 amide bonds. The van der Waals surface area contributed by atoms with Gasteiger partial charge in [0.1, 0.15) is 0 Å². The van der Waals surface area contributed by atoms with Crippen LogP contribution >= 0.6 is 0 Å². The van der Waals surface area contributed by atoms with E-state index in [0.717, 1.165) is 11.1 Å². The van der Waals surface area contributed by atoms with Crippen LogP contribution in [0.4, 0.5) is 11.4 Å². The predicted octanol–water partition coefficient (Wildman–Crippen LogP) is 2.39. The van der Waals surface area contributed by atoms with Gasteiger partial charge in [-0.25, -0.2) is 9.59 Å². The summed E-state index contributed by atoms with van der Waals surface area (Å²) < 4.78 is 10.1. The maximum atomic E-state index is 11.9. The molecule has 1 saturated heterocycles. The minimum absolute atomic E-state index is 0.226. The van der Waals surface area contributed by atoms with E-state index in [-0.39, 0.29) is 11.5 Å². The zero-order valence-electron chi connectivity index (χ0n) is 14.3. The molecule has 1 heterocycles. The summed E-state index contributed by atoms with van der Waals surface area (Å²) >= 11 is 0. The van der Waals surface area contributed by atoms with Gasteiger partial charge in [-0.3, -0.25) is 4.79 Å². The number of aryl methyl sites for hydroxylation is 2. The molecule has 1 fully saturated rings. The van der Waals surface area contributed by atoms with Gasteiger partial charge in [-0.15, -0.1) is 0 Å². The molecule has 2 N–H and O–H groups in total. The molecule has 7 nitrogen and oxygen atoms in total. The van der Waals surface area contributed by atoms with Crippen molar-refractivity contribution in [2.75, 3.05) is 10.6 Å². The molecule has 0 spiro atoms. The summed E-state index contributed by atoms with van der Waals surface area (Å²) in [6, 6.07) is 3.70. The van der Waals surface area contributed by atoms with Crippen molar-refractivity contribution in [3.8, 4) is 0 Å². The molecular formula is C17H20N2O5. The summed E-state index contributed by atoms with van der Waals surface area (Å²) in [5, 5.41) is 5.61. The molecule has 0 atom stereocenters. The van der Waals surface area contributed by atoms with Crippen molar-refractivity contribution in [1.82, 2.24) is 0 Å². The highest BCUT2D eigenvalue weighted by molar-refractivity contribution is 6.15. The van der Waals surface area contributed by atoms with Crippen LogP contribution in [0.3, 0.4) is 0 Å². The Kier molecular flexibility index (Phi) is 4.64. The van der Waals surface area contributed by atoms with Crippen LogP contribution in [0.15, 0.2) is 23.9 Å². The second kappa shape index (κ2) is 6.35. The Morgan fingerprint density at radius 3 is 2.25 bits per heavy atom. The molecule has 2 rings (SSSR count). The van der Waals surface area contributed by atoms with E-state index in [4.69, 9.17) is 9.47 Å². The lowest BCUT2D eigenvalue weighted by Gasteiger charge is -2.29. The average Bonchev–Trinajstić information content (AvgIpc) is 2.39. The van der Waals surface area contributed by atoms with Crippen molar-refractivity contribution in [2.24, 2.45) is 0 Å². The molecule has 1 aromatic rings. The first-order chi connectivity index (χ1) is 11.1. The van der Waals surface area contributed by atoms with Gasteiger partial charge in [0, 0.05) is 27.0 Å². The average molecular weight is 332 g/mol. The lowest BCUT2D eigenvalue weighted by molar-refractivity contribution is -0.222. The third kappa shape index (κ3) is 3.92. The molecule has 1 aliphatic rings. The Morgan fingerprint density at radius 2 is 1.71 bits per heavy atom. The van der Waals surface area contributed by atoms with Crippen LogP contribution in [0.1, 0.15) is 31.9 Å². The standard InChI is InChI=1S/C17H20N2O5/c1-9-6-10(2)14(19-11(3)20)13(7-9)18-8-12-15(21)23-17(4,5)24-16(12)22/h6-8,18H,1-5H3,(H,19,20). The maximum absolute atomic E-state index is 11.9. The summed E-state index contributed by atoms with van der Waals surface area (Å²) in [6.07, 6.45) is 1.22. The van der Waals surface area contributed by atoms with Crippen LogP contribution in [0, 0.1) is 13.8 Å². The summed E-state index contributed by atoms with van der Waals surface area (Å²) in [7, 11) is 0. The van der Waals surface area contributed by atoms with Crippen LogP contribution in [0.5, 0.6) is 0 Å². The first-order valence-electron chi connectivity index (χ1n) is 7.41. The van der Waals surface area contributed by atoms with Gasteiger partial charge in [-0.2, -0.15) is 0 Å². The van der Waals surface area contributed by atoms with Crippen LogP contribution in [0.25, 0.3) is 0 Å². The van der Waals surface area contributed by atoms with Crippen molar-refractivity contribution < 1.29 is 23.9 Å². The molecule has 128 valence electrons. The molecule has 24 heavy (non-hydrogen) atoms. The molecule has 1 aromatic carbocycles. The minimum atomic E-state index is -1.28. The molecule has 0 radical (unpaired) electrons. The lowest BCUT2D eigenvalue weighted by atomic mass is 10.1. The zero-order chi connectivity index (χ0) is 18.1. The zero-order valence-corrected chi connectivity index (χ0v) is 14.3. The molecule has 1 aliphatic heterocycles. The van der Waals surface area contributed by atoms with E-state index in [1.54, 1.807) is 6.07 Å². The number of benzene rings is 1. The number of anilines is 2. The molecule has 0 saturated carbocycles. The molecule has 0 aliphatic carbocycles. The largest absolute Gasteiger partial charge is 0.419 e. The number of nitrogens with one attached hydrogen (secondary N) is 2. The summed E-state index contributed by atoms with van der Waals surface area (Å²) in [6.45, 7) is 8.11. The number of cyclic esters (lactones) is 2. The van der Waals surface area contributed by atoms with E-state index in [9.17, 15) is 14.4 Å². The minimum Gasteiger partial charge on any atom is -0.419 e. The van der Waals surface area contributed by atoms with Crippen LogP contribution in [-0.2, 0) is 23.9 Å². The fraction of sp³-hybridized carbons (Fsp3) is 0.353. The molecular weight excluding hydrogens is 312 g/mol. The number of hydrogen-bond acceptors (Lipinski definition) is 6.